The van der Waals surface area contributed by atoms with Crippen LogP contribution in [0.25, 0.3) is 11.4 Å². The van der Waals surface area contributed by atoms with Crippen molar-refractivity contribution in [2.75, 3.05) is 36.2 Å². The smallest absolute Gasteiger partial charge is 0.325 e. The molecule has 0 fully saturated rings. The van der Waals surface area contributed by atoms with Crippen LogP contribution < -0.4 is 21.3 Å². The molecule has 4 rings (SSSR count). The lowest BCUT2D eigenvalue weighted by Gasteiger charge is -2.10. The van der Waals surface area contributed by atoms with E-state index in [9.17, 15) is 19.2 Å². The Balaban J connectivity index is 1.20. The molecule has 0 aliphatic heterocycles. The molecule has 0 unspecified atom stereocenters. The minimum atomic E-state index is -0.606. The monoisotopic (exact) mass is 660 g/mol. The van der Waals surface area contributed by atoms with Crippen LogP contribution in [0.5, 0.6) is 0 Å². The molecule has 0 radical (unpaired) electrons. The van der Waals surface area contributed by atoms with Crippen molar-refractivity contribution in [3.8, 4) is 11.4 Å². The van der Waals surface area contributed by atoms with E-state index >= 15 is 0 Å². The number of urea groups is 2. The molecular formula is C32H32N6O6S2. The lowest BCUT2D eigenvalue weighted by molar-refractivity contribution is -0.144. The van der Waals surface area contributed by atoms with Crippen molar-refractivity contribution in [2.24, 2.45) is 0 Å². The van der Waals surface area contributed by atoms with E-state index in [1.54, 1.807) is 72.3 Å². The molecule has 4 aromatic rings. The third-order valence-electron chi connectivity index (χ3n) is 6.15. The number of rotatable bonds is 13. The summed E-state index contributed by atoms with van der Waals surface area (Å²) in [6, 6.07) is 20.5. The van der Waals surface area contributed by atoms with E-state index in [4.69, 9.17) is 9.47 Å². The van der Waals surface area contributed by atoms with Gasteiger partial charge in [-0.25, -0.2) is 9.59 Å². The molecule has 0 aliphatic carbocycles. The second-order valence-electron chi connectivity index (χ2n) is 9.50. The first-order valence-electron chi connectivity index (χ1n) is 13.9. The Hall–Kier alpha value is -5.08. The number of hydrogen-bond donors (Lipinski definition) is 4. The molecule has 14 heteroatoms. The predicted molar refractivity (Wildman–Crippen MR) is 178 cm³/mol. The highest BCUT2D eigenvalue weighted by Crippen LogP contribution is 2.20. The fourth-order valence-corrected chi connectivity index (χ4v) is 4.81. The molecule has 0 atom stereocenters. The van der Waals surface area contributed by atoms with E-state index in [2.05, 4.69) is 31.2 Å². The molecule has 4 amide bonds. The fraction of sp³-hybridized carbons (Fsp3) is 0.188. The van der Waals surface area contributed by atoms with Crippen LogP contribution in [0.4, 0.5) is 21.0 Å². The maximum atomic E-state index is 12.2. The van der Waals surface area contributed by atoms with Crippen molar-refractivity contribution in [2.45, 2.75) is 23.0 Å². The van der Waals surface area contributed by atoms with Crippen LogP contribution in [0.2, 0.25) is 0 Å². The van der Waals surface area contributed by atoms with Crippen molar-refractivity contribution in [1.29, 1.82) is 0 Å². The van der Waals surface area contributed by atoms with Crippen LogP contribution in [0.3, 0.4) is 0 Å². The Morgan fingerprint density at radius 2 is 1.07 bits per heavy atom. The number of amides is 4. The first-order valence-corrected chi connectivity index (χ1v) is 16.4. The Morgan fingerprint density at radius 1 is 0.630 bits per heavy atom. The zero-order chi connectivity index (χ0) is 32.7. The molecular weight excluding hydrogens is 629 g/mol. The third kappa shape index (κ3) is 11.1. The number of nitrogens with zero attached hydrogens (tertiary/aromatic N) is 2. The molecule has 0 saturated heterocycles. The van der Waals surface area contributed by atoms with Gasteiger partial charge in [-0.05, 0) is 84.3 Å². The number of hydrogen-bond acceptors (Lipinski definition) is 10. The first-order chi connectivity index (χ1) is 22.3. The number of anilines is 2. The zero-order valence-corrected chi connectivity index (χ0v) is 26.7. The van der Waals surface area contributed by atoms with Gasteiger partial charge < -0.3 is 30.7 Å². The van der Waals surface area contributed by atoms with Crippen LogP contribution in [-0.4, -0.2) is 59.6 Å². The van der Waals surface area contributed by atoms with Crippen LogP contribution in [-0.2, 0) is 32.3 Å². The molecule has 2 heterocycles. The summed E-state index contributed by atoms with van der Waals surface area (Å²) in [5.74, 6) is -1.21. The number of nitrogens with one attached hydrogen (secondary N) is 4. The summed E-state index contributed by atoms with van der Waals surface area (Å²) in [5.41, 5.74) is 3.61. The predicted octanol–water partition coefficient (Wildman–Crippen LogP) is 5.32. The Labute approximate surface area is 274 Å². The summed E-state index contributed by atoms with van der Waals surface area (Å²) in [5, 5.41) is 10.3. The molecule has 0 spiro atoms. The number of aromatic nitrogens is 2. The largest absolute Gasteiger partial charge is 0.460 e. The molecule has 238 valence electrons. The molecule has 12 nitrogen and oxygen atoms in total. The summed E-state index contributed by atoms with van der Waals surface area (Å²) in [7, 11) is 0. The van der Waals surface area contributed by atoms with Crippen molar-refractivity contribution in [3.05, 3.63) is 96.3 Å². The van der Waals surface area contributed by atoms with Gasteiger partial charge in [-0.2, -0.15) is 0 Å². The SMILES string of the molecule is CSc1cccc(NC(=O)NCC(=O)OCc2ccnc(-c3cc(COC(=O)CNC(=O)Nc4cccc(SC)c4)ccn3)c2)c1. The number of esters is 2. The lowest BCUT2D eigenvalue weighted by atomic mass is 10.1. The van der Waals surface area contributed by atoms with Gasteiger partial charge in [0.2, 0.25) is 0 Å². The molecule has 4 N–H and O–H groups in total. The highest BCUT2D eigenvalue weighted by atomic mass is 32.2. The lowest BCUT2D eigenvalue weighted by Crippen LogP contribution is -2.34. The zero-order valence-electron chi connectivity index (χ0n) is 25.1. The fourth-order valence-electron chi connectivity index (χ4n) is 3.90. The molecule has 2 aromatic heterocycles. The van der Waals surface area contributed by atoms with Gasteiger partial charge in [-0.3, -0.25) is 19.6 Å². The number of benzene rings is 2. The summed E-state index contributed by atoms with van der Waals surface area (Å²) in [4.78, 5) is 59.4. The standard InChI is InChI=1S/C32H32N6O6S2/c1-45-25-7-3-5-23(15-25)37-31(41)35-17-29(39)43-19-21-9-11-33-27(13-21)28-14-22(10-12-34-28)20-44-30(40)18-36-32(42)38-24-6-4-8-26(16-24)46-2/h3-16H,17-20H2,1-2H3,(H2,35,37,41)(H2,36,38,42). The summed E-state index contributed by atoms with van der Waals surface area (Å²) >= 11 is 3.11. The van der Waals surface area contributed by atoms with Crippen molar-refractivity contribution < 1.29 is 28.7 Å². The van der Waals surface area contributed by atoms with Gasteiger partial charge in [-0.15, -0.1) is 23.5 Å². The van der Waals surface area contributed by atoms with Gasteiger partial charge in [0, 0.05) is 33.6 Å². The second kappa shape index (κ2) is 17.4. The van der Waals surface area contributed by atoms with E-state index < -0.39 is 24.0 Å². The molecule has 2 aromatic carbocycles. The molecule has 0 saturated carbocycles. The van der Waals surface area contributed by atoms with Crippen LogP contribution >= 0.6 is 23.5 Å². The van der Waals surface area contributed by atoms with Crippen molar-refractivity contribution in [1.82, 2.24) is 20.6 Å². The maximum absolute atomic E-state index is 12.2. The van der Waals surface area contributed by atoms with Crippen molar-refractivity contribution in [3.63, 3.8) is 0 Å². The van der Waals surface area contributed by atoms with Crippen LogP contribution in [0.15, 0.2) is 95.0 Å². The second-order valence-corrected chi connectivity index (χ2v) is 11.3. The minimum Gasteiger partial charge on any atom is -0.460 e. The van der Waals surface area contributed by atoms with Gasteiger partial charge in [0.05, 0.1) is 11.4 Å². The highest BCUT2D eigenvalue weighted by molar-refractivity contribution is 7.98. The van der Waals surface area contributed by atoms with E-state index in [1.807, 2.05) is 48.9 Å². The maximum Gasteiger partial charge on any atom is 0.325 e. The summed E-state index contributed by atoms with van der Waals surface area (Å²) in [6.45, 7) is -0.677. The number of thioether (sulfide) groups is 2. The molecule has 46 heavy (non-hydrogen) atoms. The van der Waals surface area contributed by atoms with E-state index in [-0.39, 0.29) is 26.3 Å². The number of carbonyl (C=O) groups is 4. The van der Waals surface area contributed by atoms with Gasteiger partial charge >= 0.3 is 24.0 Å². The Morgan fingerprint density at radius 3 is 1.48 bits per heavy atom. The molecule has 0 bridgehead atoms. The topological polar surface area (TPSA) is 161 Å². The van der Waals surface area contributed by atoms with Crippen LogP contribution in [0.1, 0.15) is 11.1 Å². The van der Waals surface area contributed by atoms with Gasteiger partial charge in [0.25, 0.3) is 0 Å². The average molecular weight is 661 g/mol. The number of pyridine rings is 2. The van der Waals surface area contributed by atoms with Crippen molar-refractivity contribution >= 4 is 58.9 Å². The highest BCUT2D eigenvalue weighted by Gasteiger charge is 2.11. The normalized spacial score (nSPS) is 10.4. The first kappa shape index (κ1) is 33.8. The number of carbonyl (C=O) groups excluding carboxylic acids is 4. The van der Waals surface area contributed by atoms with Gasteiger partial charge in [0.1, 0.15) is 26.3 Å². The van der Waals surface area contributed by atoms with E-state index in [1.165, 1.54) is 0 Å². The molecule has 0 aliphatic rings. The average Bonchev–Trinajstić information content (AvgIpc) is 3.08. The Kier molecular flexibility index (Phi) is 12.8. The van der Waals surface area contributed by atoms with Gasteiger partial charge in [0.15, 0.2) is 0 Å². The number of ether oxygens (including phenoxy) is 2. The van der Waals surface area contributed by atoms with E-state index in [0.717, 1.165) is 9.79 Å². The quantitative estimate of drug-likeness (QED) is 0.109. The third-order valence-corrected chi connectivity index (χ3v) is 7.60. The summed E-state index contributed by atoms with van der Waals surface area (Å²) in [6.07, 6.45) is 7.01. The Bertz CT molecular complexity index is 1570. The van der Waals surface area contributed by atoms with Gasteiger partial charge in [-0.1, -0.05) is 12.1 Å². The van der Waals surface area contributed by atoms with Crippen LogP contribution in [0, 0.1) is 0 Å². The van der Waals surface area contributed by atoms with E-state index in [0.29, 0.717) is 33.9 Å². The minimum absolute atomic E-state index is 0.0334. The summed E-state index contributed by atoms with van der Waals surface area (Å²) < 4.78 is 10.6.